The van der Waals surface area contributed by atoms with Gasteiger partial charge in [-0.05, 0) is 48.0 Å². The van der Waals surface area contributed by atoms with Crippen LogP contribution in [0.5, 0.6) is 0 Å². The lowest BCUT2D eigenvalue weighted by molar-refractivity contribution is 0.625. The quantitative estimate of drug-likeness (QED) is 0.775. The van der Waals surface area contributed by atoms with Gasteiger partial charge in [0.1, 0.15) is 5.82 Å². The predicted octanol–water partition coefficient (Wildman–Crippen LogP) is 3.39. The fourth-order valence-corrected chi connectivity index (χ4v) is 1.73. The summed E-state index contributed by atoms with van der Waals surface area (Å²) in [7, 11) is 0. The fourth-order valence-electron chi connectivity index (χ4n) is 1.48. The highest BCUT2D eigenvalue weighted by atomic mass is 79.9. The summed E-state index contributed by atoms with van der Waals surface area (Å²) < 4.78 is 15.7. The van der Waals surface area contributed by atoms with Gasteiger partial charge in [-0.15, -0.1) is 0 Å². The van der Waals surface area contributed by atoms with Gasteiger partial charge in [0, 0.05) is 0 Å². The first-order chi connectivity index (χ1) is 7.09. The number of halogens is 2. The zero-order chi connectivity index (χ0) is 11.0. The van der Waals surface area contributed by atoms with Crippen LogP contribution in [0.3, 0.4) is 0 Å². The Kier molecular flexibility index (Phi) is 2.61. The summed E-state index contributed by atoms with van der Waals surface area (Å²) in [5, 5.41) is 4.32. The first-order valence-electron chi connectivity index (χ1n) is 4.57. The average Bonchev–Trinajstić information content (AvgIpc) is 2.46. The molecule has 0 spiro atoms. The molecule has 0 atom stereocenters. The van der Waals surface area contributed by atoms with Crippen molar-refractivity contribution in [1.29, 1.82) is 0 Å². The first-order valence-corrected chi connectivity index (χ1v) is 5.36. The second kappa shape index (κ2) is 3.77. The van der Waals surface area contributed by atoms with Crippen molar-refractivity contribution in [2.45, 2.75) is 13.8 Å². The molecule has 1 aromatic heterocycles. The van der Waals surface area contributed by atoms with E-state index in [4.69, 9.17) is 0 Å². The van der Waals surface area contributed by atoms with E-state index >= 15 is 0 Å². The molecule has 0 aliphatic carbocycles. The molecule has 0 saturated heterocycles. The second-order valence-corrected chi connectivity index (χ2v) is 4.17. The molecule has 0 saturated carbocycles. The Morgan fingerprint density at radius 1 is 1.33 bits per heavy atom. The summed E-state index contributed by atoms with van der Waals surface area (Å²) in [6.45, 7) is 3.85. The van der Waals surface area contributed by atoms with E-state index < -0.39 is 0 Å². The fraction of sp³-hybridized carbons (Fsp3) is 0.182. The SMILES string of the molecule is Cc1nn(-c2cccc(F)c2)c(C)c1Br. The van der Waals surface area contributed by atoms with Crippen molar-refractivity contribution < 1.29 is 4.39 Å². The van der Waals surface area contributed by atoms with Crippen molar-refractivity contribution in [1.82, 2.24) is 9.78 Å². The van der Waals surface area contributed by atoms with Gasteiger partial charge in [-0.25, -0.2) is 9.07 Å². The minimum Gasteiger partial charge on any atom is -0.237 e. The Labute approximate surface area is 95.9 Å². The summed E-state index contributed by atoms with van der Waals surface area (Å²) in [5.74, 6) is -0.254. The number of nitrogens with zero attached hydrogens (tertiary/aromatic N) is 2. The van der Waals surface area contributed by atoms with Crippen molar-refractivity contribution in [3.63, 3.8) is 0 Å². The number of hydrogen-bond acceptors (Lipinski definition) is 1. The summed E-state index contributed by atoms with van der Waals surface area (Å²) in [6.07, 6.45) is 0. The van der Waals surface area contributed by atoms with E-state index in [2.05, 4.69) is 21.0 Å². The summed E-state index contributed by atoms with van der Waals surface area (Å²) in [6, 6.07) is 6.39. The standard InChI is InChI=1S/C11H10BrFN2/c1-7-11(12)8(2)15(14-7)10-5-3-4-9(13)6-10/h3-6H,1-2H3. The number of aryl methyl sites for hydroxylation is 1. The minimum atomic E-state index is -0.254. The highest BCUT2D eigenvalue weighted by Gasteiger charge is 2.10. The van der Waals surface area contributed by atoms with Gasteiger partial charge in [-0.3, -0.25) is 0 Å². The Morgan fingerprint density at radius 3 is 2.60 bits per heavy atom. The van der Waals surface area contributed by atoms with Crippen LogP contribution in [-0.2, 0) is 0 Å². The Bertz CT molecular complexity index is 505. The third-order valence-corrected chi connectivity index (χ3v) is 3.40. The molecule has 0 N–H and O–H groups in total. The van der Waals surface area contributed by atoms with Gasteiger partial charge in [0.2, 0.25) is 0 Å². The van der Waals surface area contributed by atoms with Gasteiger partial charge in [0.05, 0.1) is 21.5 Å². The molecule has 0 amide bonds. The smallest absolute Gasteiger partial charge is 0.125 e. The number of hydrogen-bond donors (Lipinski definition) is 0. The molecule has 4 heteroatoms. The van der Waals surface area contributed by atoms with Gasteiger partial charge < -0.3 is 0 Å². The van der Waals surface area contributed by atoms with Crippen LogP contribution in [0.15, 0.2) is 28.7 Å². The lowest BCUT2D eigenvalue weighted by atomic mass is 10.3. The first kappa shape index (κ1) is 10.4. The van der Waals surface area contributed by atoms with Gasteiger partial charge in [0.15, 0.2) is 0 Å². The number of benzene rings is 1. The molecule has 1 heterocycles. The Hall–Kier alpha value is -1.16. The van der Waals surface area contributed by atoms with Crippen molar-refractivity contribution in [3.05, 3.63) is 45.9 Å². The third kappa shape index (κ3) is 1.81. The summed E-state index contributed by atoms with van der Waals surface area (Å²) >= 11 is 3.44. The molecule has 1 aromatic carbocycles. The van der Waals surface area contributed by atoms with Gasteiger partial charge in [-0.1, -0.05) is 6.07 Å². The van der Waals surface area contributed by atoms with Crippen molar-refractivity contribution in [3.8, 4) is 5.69 Å². The van der Waals surface area contributed by atoms with Gasteiger partial charge in [0.25, 0.3) is 0 Å². The van der Waals surface area contributed by atoms with E-state index in [1.807, 2.05) is 19.9 Å². The maximum atomic E-state index is 13.0. The molecule has 0 fully saturated rings. The highest BCUT2D eigenvalue weighted by Crippen LogP contribution is 2.22. The molecule has 0 aliphatic heterocycles. The van der Waals surface area contributed by atoms with Crippen LogP contribution in [-0.4, -0.2) is 9.78 Å². The Balaban J connectivity index is 2.59. The lowest BCUT2D eigenvalue weighted by Gasteiger charge is -2.03. The predicted molar refractivity (Wildman–Crippen MR) is 60.7 cm³/mol. The number of rotatable bonds is 1. The maximum absolute atomic E-state index is 13.0. The molecule has 78 valence electrons. The maximum Gasteiger partial charge on any atom is 0.125 e. The molecule has 0 unspecified atom stereocenters. The van der Waals surface area contributed by atoms with Crippen LogP contribution in [0.1, 0.15) is 11.4 Å². The van der Waals surface area contributed by atoms with Crippen LogP contribution in [0.4, 0.5) is 4.39 Å². The zero-order valence-electron chi connectivity index (χ0n) is 8.46. The van der Waals surface area contributed by atoms with Crippen LogP contribution < -0.4 is 0 Å². The van der Waals surface area contributed by atoms with Gasteiger partial charge >= 0.3 is 0 Å². The van der Waals surface area contributed by atoms with Crippen molar-refractivity contribution in [2.75, 3.05) is 0 Å². The van der Waals surface area contributed by atoms with E-state index in [-0.39, 0.29) is 5.82 Å². The summed E-state index contributed by atoms with van der Waals surface area (Å²) in [5.41, 5.74) is 2.61. The van der Waals surface area contributed by atoms with Crippen LogP contribution in [0.25, 0.3) is 5.69 Å². The third-order valence-electron chi connectivity index (χ3n) is 2.26. The van der Waals surface area contributed by atoms with Crippen LogP contribution in [0.2, 0.25) is 0 Å². The molecule has 2 nitrogen and oxygen atoms in total. The van der Waals surface area contributed by atoms with Crippen LogP contribution >= 0.6 is 15.9 Å². The average molecular weight is 269 g/mol. The second-order valence-electron chi connectivity index (χ2n) is 3.38. The molecule has 0 radical (unpaired) electrons. The van der Waals surface area contributed by atoms with Crippen molar-refractivity contribution >= 4 is 15.9 Å². The van der Waals surface area contributed by atoms with Crippen molar-refractivity contribution in [2.24, 2.45) is 0 Å². The lowest BCUT2D eigenvalue weighted by Crippen LogP contribution is -1.99. The van der Waals surface area contributed by atoms with E-state index in [0.717, 1.165) is 21.5 Å². The monoisotopic (exact) mass is 268 g/mol. The molecule has 2 aromatic rings. The van der Waals surface area contributed by atoms with E-state index in [1.54, 1.807) is 10.7 Å². The zero-order valence-corrected chi connectivity index (χ0v) is 10.0. The largest absolute Gasteiger partial charge is 0.237 e. The number of aromatic nitrogens is 2. The molecule has 15 heavy (non-hydrogen) atoms. The molecule has 2 rings (SSSR count). The van der Waals surface area contributed by atoms with E-state index in [0.29, 0.717) is 0 Å². The normalized spacial score (nSPS) is 10.7. The Morgan fingerprint density at radius 2 is 2.07 bits per heavy atom. The van der Waals surface area contributed by atoms with E-state index in [9.17, 15) is 4.39 Å². The van der Waals surface area contributed by atoms with E-state index in [1.165, 1.54) is 12.1 Å². The molecular weight excluding hydrogens is 259 g/mol. The molecule has 0 aliphatic rings. The minimum absolute atomic E-state index is 0.254. The highest BCUT2D eigenvalue weighted by molar-refractivity contribution is 9.10. The molecular formula is C11H10BrFN2. The van der Waals surface area contributed by atoms with Crippen LogP contribution in [0, 0.1) is 19.7 Å². The molecule has 0 bridgehead atoms. The summed E-state index contributed by atoms with van der Waals surface area (Å²) in [4.78, 5) is 0. The van der Waals surface area contributed by atoms with Gasteiger partial charge in [-0.2, -0.15) is 5.10 Å². The topological polar surface area (TPSA) is 17.8 Å².